The van der Waals surface area contributed by atoms with E-state index in [2.05, 4.69) is 43.2 Å². The van der Waals surface area contributed by atoms with Gasteiger partial charge in [-0.1, -0.05) is 34.1 Å². The zero-order chi connectivity index (χ0) is 22.5. The Morgan fingerprint density at radius 2 is 1.90 bits per heavy atom. The molecule has 0 saturated carbocycles. The van der Waals surface area contributed by atoms with Crippen LogP contribution in [0.1, 0.15) is 17.0 Å². The summed E-state index contributed by atoms with van der Waals surface area (Å²) in [4.78, 5) is 25.4. The minimum atomic E-state index is -1.17. The van der Waals surface area contributed by atoms with Gasteiger partial charge in [-0.2, -0.15) is 5.26 Å². The summed E-state index contributed by atoms with van der Waals surface area (Å²) >= 11 is 8.19. The molecule has 0 fully saturated rings. The van der Waals surface area contributed by atoms with Gasteiger partial charge in [-0.25, -0.2) is 0 Å². The number of carbonyl (C=O) groups is 2. The Hall–Kier alpha value is -2.28. The molecule has 1 aliphatic heterocycles. The lowest BCUT2D eigenvalue weighted by Crippen LogP contribution is -2.44. The molecule has 6 nitrogen and oxygen atoms in total. The molecule has 1 amide bonds. The Bertz CT molecular complexity index is 1080. The molecule has 3 rings (SSSR count). The van der Waals surface area contributed by atoms with Gasteiger partial charge in [0, 0.05) is 16.1 Å². The van der Waals surface area contributed by atoms with Crippen molar-refractivity contribution in [3.63, 3.8) is 0 Å². The number of benzene rings is 2. The number of hydrogen-bond donors (Lipinski definition) is 1. The summed E-state index contributed by atoms with van der Waals surface area (Å²) < 4.78 is 11.8. The van der Waals surface area contributed by atoms with Crippen LogP contribution >= 0.6 is 43.6 Å². The van der Waals surface area contributed by atoms with E-state index < -0.39 is 23.7 Å². The molecular formula is C22H18Br2N2O4S. The second-order valence-electron chi connectivity index (χ2n) is 6.63. The van der Waals surface area contributed by atoms with Crippen molar-refractivity contribution in [1.29, 1.82) is 5.26 Å². The highest BCUT2D eigenvalue weighted by Gasteiger charge is 2.44. The van der Waals surface area contributed by atoms with Crippen LogP contribution in [0.25, 0.3) is 0 Å². The Labute approximate surface area is 201 Å². The molecule has 0 spiro atoms. The molecule has 160 valence electrons. The highest BCUT2D eigenvalue weighted by atomic mass is 79.9. The number of rotatable bonds is 6. The molecule has 9 heteroatoms. The molecule has 0 aromatic heterocycles. The van der Waals surface area contributed by atoms with Gasteiger partial charge in [0.2, 0.25) is 5.91 Å². The molecule has 1 heterocycles. The molecule has 0 aliphatic carbocycles. The number of amides is 1. The Morgan fingerprint density at radius 1 is 1.19 bits per heavy atom. The quantitative estimate of drug-likeness (QED) is 0.396. The topological polar surface area (TPSA) is 88.4 Å². The van der Waals surface area contributed by atoms with E-state index in [1.54, 1.807) is 25.3 Å². The first-order valence-electron chi connectivity index (χ1n) is 9.13. The fourth-order valence-electron chi connectivity index (χ4n) is 3.29. The van der Waals surface area contributed by atoms with E-state index in [1.807, 2.05) is 24.3 Å². The number of thioether (sulfide) groups is 1. The van der Waals surface area contributed by atoms with E-state index in [0.29, 0.717) is 32.1 Å². The van der Waals surface area contributed by atoms with Crippen molar-refractivity contribution in [2.24, 2.45) is 5.92 Å². The van der Waals surface area contributed by atoms with Gasteiger partial charge >= 0.3 is 5.97 Å². The molecule has 1 N–H and O–H groups in total. The van der Waals surface area contributed by atoms with Crippen LogP contribution in [0.4, 0.5) is 0 Å². The van der Waals surface area contributed by atoms with E-state index in [4.69, 9.17) is 9.47 Å². The van der Waals surface area contributed by atoms with Gasteiger partial charge in [0.25, 0.3) is 0 Å². The van der Waals surface area contributed by atoms with E-state index in [9.17, 15) is 14.9 Å². The Balaban J connectivity index is 2.04. The van der Waals surface area contributed by atoms with Gasteiger partial charge in [-0.15, -0.1) is 11.8 Å². The number of nitriles is 1. The predicted octanol–water partition coefficient (Wildman–Crippen LogP) is 4.89. The number of esters is 1. The largest absolute Gasteiger partial charge is 0.496 e. The fraction of sp³-hybridized carbons (Fsp3) is 0.227. The number of halogens is 2. The minimum absolute atomic E-state index is 0.314. The monoisotopic (exact) mass is 564 g/mol. The minimum Gasteiger partial charge on any atom is -0.496 e. The predicted molar refractivity (Wildman–Crippen MR) is 125 cm³/mol. The SMILES string of the molecule is COC(=O)[C@H]1C(=O)NC(SCc2ccc(Br)cc2)=C(C#N)[C@H]1c1ccc(OC)c(Br)c1. The lowest BCUT2D eigenvalue weighted by Gasteiger charge is -2.31. The number of methoxy groups -OCH3 is 2. The van der Waals surface area contributed by atoms with E-state index in [0.717, 1.165) is 10.0 Å². The summed E-state index contributed by atoms with van der Waals surface area (Å²) in [6.07, 6.45) is 0. The molecule has 0 radical (unpaired) electrons. The number of hydrogen-bond acceptors (Lipinski definition) is 6. The first-order valence-corrected chi connectivity index (χ1v) is 11.7. The lowest BCUT2D eigenvalue weighted by molar-refractivity contribution is -0.150. The molecule has 2 atom stereocenters. The van der Waals surface area contributed by atoms with Crippen molar-refractivity contribution in [3.05, 3.63) is 73.1 Å². The van der Waals surface area contributed by atoms with E-state index in [-0.39, 0.29) is 0 Å². The van der Waals surface area contributed by atoms with Gasteiger partial charge in [0.15, 0.2) is 0 Å². The average molecular weight is 566 g/mol. The third kappa shape index (κ3) is 5.14. The number of carbonyl (C=O) groups excluding carboxylic acids is 2. The van der Waals surface area contributed by atoms with E-state index in [1.165, 1.54) is 18.9 Å². The number of nitrogens with zero attached hydrogens (tertiary/aromatic N) is 1. The molecule has 31 heavy (non-hydrogen) atoms. The summed E-state index contributed by atoms with van der Waals surface area (Å²) in [6, 6.07) is 15.2. The van der Waals surface area contributed by atoms with Crippen molar-refractivity contribution in [1.82, 2.24) is 5.32 Å². The van der Waals surface area contributed by atoms with Crippen LogP contribution in [0.2, 0.25) is 0 Å². The zero-order valence-electron chi connectivity index (χ0n) is 16.6. The summed E-state index contributed by atoms with van der Waals surface area (Å²) in [6.45, 7) is 0. The van der Waals surface area contributed by atoms with Gasteiger partial charge in [-0.3, -0.25) is 9.59 Å². The first-order chi connectivity index (χ1) is 14.9. The average Bonchev–Trinajstić information content (AvgIpc) is 2.77. The molecule has 0 unspecified atom stereocenters. The molecule has 2 aromatic rings. The molecule has 2 aromatic carbocycles. The zero-order valence-corrected chi connectivity index (χ0v) is 20.6. The summed E-state index contributed by atoms with van der Waals surface area (Å²) in [7, 11) is 2.77. The van der Waals surface area contributed by atoms with Crippen LogP contribution in [0.15, 0.2) is 62.0 Å². The molecule has 1 aliphatic rings. The number of nitrogens with one attached hydrogen (secondary N) is 1. The van der Waals surface area contributed by atoms with Crippen LogP contribution in [0.5, 0.6) is 5.75 Å². The molecule has 0 saturated heterocycles. The van der Waals surface area contributed by atoms with Gasteiger partial charge < -0.3 is 14.8 Å². The van der Waals surface area contributed by atoms with Gasteiger partial charge in [-0.05, 0) is 51.3 Å². The molecule has 0 bridgehead atoms. The number of ether oxygens (including phenoxy) is 2. The maximum atomic E-state index is 12.9. The van der Waals surface area contributed by atoms with Crippen LogP contribution in [-0.4, -0.2) is 26.1 Å². The maximum absolute atomic E-state index is 12.9. The summed E-state index contributed by atoms with van der Waals surface area (Å²) in [5, 5.41) is 13.2. The second-order valence-corrected chi connectivity index (χ2v) is 9.39. The van der Waals surface area contributed by atoms with Crippen molar-refractivity contribution in [2.75, 3.05) is 14.2 Å². The van der Waals surface area contributed by atoms with Crippen molar-refractivity contribution < 1.29 is 19.1 Å². The lowest BCUT2D eigenvalue weighted by atomic mass is 9.78. The van der Waals surface area contributed by atoms with E-state index >= 15 is 0 Å². The standard InChI is InChI=1S/C22H18Br2N2O4S/c1-29-17-8-5-13(9-16(17)24)18-15(10-25)21(26-20(27)19(18)22(28)30-2)31-11-12-3-6-14(23)7-4-12/h3-9,18-19H,11H2,1-2H3,(H,26,27)/t18-,19-/m1/s1. The second kappa shape index (κ2) is 10.4. The highest BCUT2D eigenvalue weighted by molar-refractivity contribution is 9.10. The Morgan fingerprint density at radius 3 is 2.48 bits per heavy atom. The summed E-state index contributed by atoms with van der Waals surface area (Å²) in [5.74, 6) is -1.99. The first kappa shape index (κ1) is 23.4. The third-order valence-corrected chi connectivity index (χ3v) is 7.05. The highest BCUT2D eigenvalue weighted by Crippen LogP contribution is 2.42. The maximum Gasteiger partial charge on any atom is 0.319 e. The normalized spacial score (nSPS) is 18.2. The smallest absolute Gasteiger partial charge is 0.319 e. The Kier molecular flexibility index (Phi) is 7.81. The fourth-order valence-corrected chi connectivity index (χ4v) is 5.12. The van der Waals surface area contributed by atoms with Gasteiger partial charge in [0.1, 0.15) is 11.7 Å². The van der Waals surface area contributed by atoms with Crippen molar-refractivity contribution in [3.8, 4) is 11.8 Å². The van der Waals surface area contributed by atoms with Crippen molar-refractivity contribution >= 4 is 55.5 Å². The molecular weight excluding hydrogens is 548 g/mol. The van der Waals surface area contributed by atoms with Gasteiger partial charge in [0.05, 0.1) is 35.4 Å². The van der Waals surface area contributed by atoms with Crippen LogP contribution < -0.4 is 10.1 Å². The number of allylic oxidation sites excluding steroid dienone is 1. The van der Waals surface area contributed by atoms with Crippen LogP contribution in [0, 0.1) is 17.2 Å². The van der Waals surface area contributed by atoms with Crippen LogP contribution in [-0.2, 0) is 20.1 Å². The third-order valence-electron chi connectivity index (χ3n) is 4.82. The van der Waals surface area contributed by atoms with Crippen molar-refractivity contribution in [2.45, 2.75) is 11.7 Å². The summed E-state index contributed by atoms with van der Waals surface area (Å²) in [5.41, 5.74) is 1.98. The van der Waals surface area contributed by atoms with Crippen LogP contribution in [0.3, 0.4) is 0 Å².